The lowest BCUT2D eigenvalue weighted by atomic mass is 10.1. The van der Waals surface area contributed by atoms with Crippen molar-refractivity contribution in [2.24, 2.45) is 5.73 Å². The van der Waals surface area contributed by atoms with Crippen LogP contribution in [0.15, 0.2) is 29.1 Å². The van der Waals surface area contributed by atoms with Gasteiger partial charge in [-0.3, -0.25) is 14.2 Å². The Morgan fingerprint density at radius 2 is 1.97 bits per heavy atom. The Hall–Kier alpha value is -2.25. The Labute approximate surface area is 179 Å². The largest absolute Gasteiger partial charge is 0.383 e. The van der Waals surface area contributed by atoms with Gasteiger partial charge in [-0.25, -0.2) is 4.98 Å². The highest BCUT2D eigenvalue weighted by atomic mass is 16.5. The van der Waals surface area contributed by atoms with Crippen LogP contribution >= 0.6 is 0 Å². The minimum atomic E-state index is -0.298. The van der Waals surface area contributed by atoms with Gasteiger partial charge in [0.1, 0.15) is 5.82 Å². The number of aromatic nitrogens is 2. The molecule has 1 atom stereocenters. The van der Waals surface area contributed by atoms with Gasteiger partial charge >= 0.3 is 0 Å². The van der Waals surface area contributed by atoms with Crippen LogP contribution in [-0.4, -0.2) is 47.2 Å². The number of fused-ring (bicyclic) bond motifs is 1. The summed E-state index contributed by atoms with van der Waals surface area (Å²) in [7, 11) is 1.61. The van der Waals surface area contributed by atoms with Crippen LogP contribution in [0.4, 0.5) is 0 Å². The molecule has 0 bridgehead atoms. The quantitative estimate of drug-likeness (QED) is 0.506. The molecule has 2 N–H and O–H groups in total. The molecule has 2 aromatic rings. The highest BCUT2D eigenvalue weighted by molar-refractivity contribution is 5.78. The fraction of sp³-hybridized carbons (Fsp3) is 0.609. The van der Waals surface area contributed by atoms with Crippen molar-refractivity contribution in [3.8, 4) is 0 Å². The van der Waals surface area contributed by atoms with Gasteiger partial charge in [0, 0.05) is 20.1 Å². The van der Waals surface area contributed by atoms with Crippen molar-refractivity contribution in [1.82, 2.24) is 14.5 Å². The molecule has 0 radical (unpaired) electrons. The summed E-state index contributed by atoms with van der Waals surface area (Å²) < 4.78 is 6.88. The number of methoxy groups -OCH3 is 1. The molecule has 0 fully saturated rings. The van der Waals surface area contributed by atoms with Crippen LogP contribution in [0.2, 0.25) is 0 Å². The number of amides is 1. The molecule has 1 aromatic carbocycles. The van der Waals surface area contributed by atoms with Crippen molar-refractivity contribution < 1.29 is 9.53 Å². The van der Waals surface area contributed by atoms with Crippen molar-refractivity contribution in [3.05, 3.63) is 40.4 Å². The highest BCUT2D eigenvalue weighted by Crippen LogP contribution is 2.22. The number of nitrogens with zero attached hydrogens (tertiary/aromatic N) is 3. The summed E-state index contributed by atoms with van der Waals surface area (Å²) >= 11 is 0. The molecule has 0 spiro atoms. The lowest BCUT2D eigenvalue weighted by molar-refractivity contribution is -0.133. The number of benzene rings is 1. The Balaban J connectivity index is 2.39. The molecule has 30 heavy (non-hydrogen) atoms. The Bertz CT molecular complexity index is 865. The molecule has 1 heterocycles. The molecule has 1 amide bonds. The molecular weight excluding hydrogens is 380 g/mol. The average Bonchev–Trinajstić information content (AvgIpc) is 2.75. The molecule has 1 aromatic heterocycles. The number of carbonyl (C=O) groups is 1. The van der Waals surface area contributed by atoms with Gasteiger partial charge < -0.3 is 15.4 Å². The first-order valence-electron chi connectivity index (χ1n) is 11.0. The summed E-state index contributed by atoms with van der Waals surface area (Å²) in [5.74, 6) is 0.715. The maximum Gasteiger partial charge on any atom is 0.261 e. The van der Waals surface area contributed by atoms with Gasteiger partial charge in [0.15, 0.2) is 0 Å². The molecule has 1 unspecified atom stereocenters. The van der Waals surface area contributed by atoms with Gasteiger partial charge in [-0.15, -0.1) is 0 Å². The zero-order valence-corrected chi connectivity index (χ0v) is 18.6. The fourth-order valence-corrected chi connectivity index (χ4v) is 3.71. The molecule has 7 heteroatoms. The average molecular weight is 417 g/mol. The maximum atomic E-state index is 13.2. The number of hydrogen-bond acceptors (Lipinski definition) is 5. The molecule has 0 aliphatic heterocycles. The van der Waals surface area contributed by atoms with Gasteiger partial charge in [-0.05, 0) is 44.9 Å². The van der Waals surface area contributed by atoms with E-state index in [2.05, 4.69) is 0 Å². The van der Waals surface area contributed by atoms with E-state index >= 15 is 0 Å². The minimum absolute atomic E-state index is 0.0923. The van der Waals surface area contributed by atoms with Crippen molar-refractivity contribution in [3.63, 3.8) is 0 Å². The second-order valence-electron chi connectivity index (χ2n) is 7.65. The second kappa shape index (κ2) is 12.4. The minimum Gasteiger partial charge on any atom is -0.383 e. The Morgan fingerprint density at radius 3 is 2.67 bits per heavy atom. The Morgan fingerprint density at radius 1 is 1.23 bits per heavy atom. The molecular formula is C23H36N4O3. The van der Waals surface area contributed by atoms with Gasteiger partial charge in [0.2, 0.25) is 5.91 Å². The number of para-hydroxylation sites is 1. The number of hydrogen-bond donors (Lipinski definition) is 1. The van der Waals surface area contributed by atoms with E-state index < -0.39 is 0 Å². The van der Waals surface area contributed by atoms with E-state index in [9.17, 15) is 9.59 Å². The first-order valence-corrected chi connectivity index (χ1v) is 11.0. The van der Waals surface area contributed by atoms with E-state index in [0.717, 1.165) is 32.1 Å². The van der Waals surface area contributed by atoms with Crippen LogP contribution in [0.5, 0.6) is 0 Å². The summed E-state index contributed by atoms with van der Waals surface area (Å²) in [5, 5.41) is 0.581. The zero-order chi connectivity index (χ0) is 21.9. The molecule has 0 saturated carbocycles. The van der Waals surface area contributed by atoms with Crippen LogP contribution in [0.25, 0.3) is 10.9 Å². The third-order valence-electron chi connectivity index (χ3n) is 5.39. The number of rotatable bonds is 13. The topological polar surface area (TPSA) is 90.5 Å². The standard InChI is InChI=1S/C23H36N4O3/c1-4-11-21(28)26(15-10-6-5-9-14-24)18(2)22-25-20-13-8-7-12-19(20)23(29)27(22)16-17-30-3/h7-8,12-13,18H,4-6,9-11,14-17,24H2,1-3H3. The van der Waals surface area contributed by atoms with Crippen LogP contribution < -0.4 is 11.3 Å². The van der Waals surface area contributed by atoms with E-state index in [0.29, 0.717) is 49.4 Å². The summed E-state index contributed by atoms with van der Waals surface area (Å²) in [6.45, 7) is 6.12. The summed E-state index contributed by atoms with van der Waals surface area (Å²) in [6, 6.07) is 7.06. The second-order valence-corrected chi connectivity index (χ2v) is 7.65. The lowest BCUT2D eigenvalue weighted by Crippen LogP contribution is -2.38. The summed E-state index contributed by atoms with van der Waals surface area (Å²) in [6.07, 6.45) is 5.28. The smallest absolute Gasteiger partial charge is 0.261 e. The molecule has 0 aliphatic rings. The molecule has 0 saturated heterocycles. The van der Waals surface area contributed by atoms with Crippen LogP contribution in [0.3, 0.4) is 0 Å². The van der Waals surface area contributed by atoms with E-state index in [4.69, 9.17) is 15.5 Å². The molecule has 0 aliphatic carbocycles. The van der Waals surface area contributed by atoms with Gasteiger partial charge in [-0.2, -0.15) is 0 Å². The van der Waals surface area contributed by atoms with E-state index in [-0.39, 0.29) is 17.5 Å². The van der Waals surface area contributed by atoms with Crippen LogP contribution in [0.1, 0.15) is 64.2 Å². The van der Waals surface area contributed by atoms with Gasteiger partial charge in [-0.1, -0.05) is 31.9 Å². The maximum absolute atomic E-state index is 13.2. The number of carbonyl (C=O) groups excluding carboxylic acids is 1. The number of nitrogens with two attached hydrogens (primary N) is 1. The number of ether oxygens (including phenoxy) is 1. The van der Waals surface area contributed by atoms with Crippen molar-refractivity contribution in [2.75, 3.05) is 26.8 Å². The zero-order valence-electron chi connectivity index (χ0n) is 18.6. The van der Waals surface area contributed by atoms with E-state index in [1.807, 2.05) is 36.9 Å². The third kappa shape index (κ3) is 6.12. The first kappa shape index (κ1) is 24.0. The Kier molecular flexibility index (Phi) is 9.97. The van der Waals surface area contributed by atoms with Crippen LogP contribution in [-0.2, 0) is 16.1 Å². The van der Waals surface area contributed by atoms with Crippen molar-refractivity contribution in [2.45, 2.75) is 65.0 Å². The number of unbranched alkanes of at least 4 members (excludes halogenated alkanes) is 3. The predicted octanol–water partition coefficient (Wildman–Crippen LogP) is 3.25. The van der Waals surface area contributed by atoms with Crippen molar-refractivity contribution >= 4 is 16.8 Å². The lowest BCUT2D eigenvalue weighted by Gasteiger charge is -2.30. The molecule has 166 valence electrons. The fourth-order valence-electron chi connectivity index (χ4n) is 3.71. The molecule has 2 rings (SSSR count). The monoisotopic (exact) mass is 416 g/mol. The van der Waals surface area contributed by atoms with E-state index in [1.165, 1.54) is 0 Å². The predicted molar refractivity (Wildman–Crippen MR) is 120 cm³/mol. The molecule has 7 nitrogen and oxygen atoms in total. The normalized spacial score (nSPS) is 12.3. The first-order chi connectivity index (χ1) is 14.5. The van der Waals surface area contributed by atoms with Gasteiger partial charge in [0.25, 0.3) is 5.56 Å². The van der Waals surface area contributed by atoms with Crippen molar-refractivity contribution in [1.29, 1.82) is 0 Å². The summed E-state index contributed by atoms with van der Waals surface area (Å²) in [5.41, 5.74) is 6.15. The van der Waals surface area contributed by atoms with Gasteiger partial charge in [0.05, 0.1) is 30.1 Å². The third-order valence-corrected chi connectivity index (χ3v) is 5.39. The van der Waals surface area contributed by atoms with Crippen LogP contribution in [0, 0.1) is 0 Å². The van der Waals surface area contributed by atoms with E-state index in [1.54, 1.807) is 17.7 Å². The highest BCUT2D eigenvalue weighted by Gasteiger charge is 2.25. The SMILES string of the molecule is CCCC(=O)N(CCCCCCN)C(C)c1nc2ccccc2c(=O)n1CCOC. The summed E-state index contributed by atoms with van der Waals surface area (Å²) in [4.78, 5) is 32.8.